The summed E-state index contributed by atoms with van der Waals surface area (Å²) >= 11 is 0. The summed E-state index contributed by atoms with van der Waals surface area (Å²) < 4.78 is 0. The van der Waals surface area contributed by atoms with E-state index in [0.29, 0.717) is 0 Å². The molecule has 0 aliphatic rings. The second-order valence-electron chi connectivity index (χ2n) is 6.20. The second kappa shape index (κ2) is 10.9. The van der Waals surface area contributed by atoms with Crippen molar-refractivity contribution < 1.29 is 0 Å². The summed E-state index contributed by atoms with van der Waals surface area (Å²) in [5.41, 5.74) is 1.58. The fraction of sp³-hybridized carbons (Fsp3) is 0.700. The molecule has 0 N–H and O–H groups in total. The van der Waals surface area contributed by atoms with Crippen molar-refractivity contribution in [2.45, 2.75) is 84.5 Å². The molecule has 0 saturated heterocycles. The van der Waals surface area contributed by atoms with Crippen LogP contribution in [0.3, 0.4) is 0 Å². The maximum Gasteiger partial charge on any atom is -0.0134 e. The Labute approximate surface area is 127 Å². The number of benzene rings is 1. The molecule has 0 heterocycles. The van der Waals surface area contributed by atoms with Crippen LogP contribution in [0.25, 0.3) is 0 Å². The molecule has 0 fully saturated rings. The van der Waals surface area contributed by atoms with Gasteiger partial charge in [-0.2, -0.15) is 0 Å². The van der Waals surface area contributed by atoms with Crippen LogP contribution in [0.5, 0.6) is 0 Å². The SMILES string of the molecule is CCCCCCC(c1ccccc1)C(CCC)CCC. The summed E-state index contributed by atoms with van der Waals surface area (Å²) in [6, 6.07) is 11.3. The van der Waals surface area contributed by atoms with E-state index in [4.69, 9.17) is 0 Å². The lowest BCUT2D eigenvalue weighted by Crippen LogP contribution is -2.13. The van der Waals surface area contributed by atoms with E-state index in [2.05, 4.69) is 51.1 Å². The largest absolute Gasteiger partial charge is 0.0654 e. The molecule has 1 aromatic carbocycles. The van der Waals surface area contributed by atoms with Crippen LogP contribution in [-0.4, -0.2) is 0 Å². The van der Waals surface area contributed by atoms with E-state index >= 15 is 0 Å². The zero-order valence-electron chi connectivity index (χ0n) is 13.9. The van der Waals surface area contributed by atoms with Crippen LogP contribution >= 0.6 is 0 Å². The number of unbranched alkanes of at least 4 members (excludes halogenated alkanes) is 3. The lowest BCUT2D eigenvalue weighted by molar-refractivity contribution is 0.339. The monoisotopic (exact) mass is 274 g/mol. The molecule has 1 atom stereocenters. The van der Waals surface area contributed by atoms with Gasteiger partial charge < -0.3 is 0 Å². The van der Waals surface area contributed by atoms with Gasteiger partial charge in [0, 0.05) is 0 Å². The third kappa shape index (κ3) is 6.11. The zero-order valence-corrected chi connectivity index (χ0v) is 13.9. The van der Waals surface area contributed by atoms with Crippen LogP contribution in [0.1, 0.15) is 90.0 Å². The van der Waals surface area contributed by atoms with Gasteiger partial charge in [0.05, 0.1) is 0 Å². The Balaban J connectivity index is 2.71. The average molecular weight is 274 g/mol. The Morgan fingerprint density at radius 1 is 0.700 bits per heavy atom. The average Bonchev–Trinajstić information content (AvgIpc) is 2.48. The van der Waals surface area contributed by atoms with Crippen LogP contribution in [-0.2, 0) is 0 Å². The molecule has 1 unspecified atom stereocenters. The van der Waals surface area contributed by atoms with Crippen molar-refractivity contribution in [3.63, 3.8) is 0 Å². The van der Waals surface area contributed by atoms with Gasteiger partial charge in [-0.3, -0.25) is 0 Å². The van der Waals surface area contributed by atoms with Gasteiger partial charge in [0.1, 0.15) is 0 Å². The van der Waals surface area contributed by atoms with Crippen molar-refractivity contribution in [1.82, 2.24) is 0 Å². The predicted molar refractivity (Wildman–Crippen MR) is 91.2 cm³/mol. The highest BCUT2D eigenvalue weighted by Crippen LogP contribution is 2.35. The van der Waals surface area contributed by atoms with Gasteiger partial charge in [0.25, 0.3) is 0 Å². The van der Waals surface area contributed by atoms with Gasteiger partial charge in [0.2, 0.25) is 0 Å². The fourth-order valence-electron chi connectivity index (χ4n) is 3.45. The maximum absolute atomic E-state index is 2.35. The third-order valence-corrected chi connectivity index (χ3v) is 4.48. The molecular weight excluding hydrogens is 240 g/mol. The molecule has 0 aliphatic carbocycles. The summed E-state index contributed by atoms with van der Waals surface area (Å²) in [7, 11) is 0. The highest BCUT2D eigenvalue weighted by molar-refractivity contribution is 5.20. The van der Waals surface area contributed by atoms with Crippen molar-refractivity contribution in [2.24, 2.45) is 5.92 Å². The van der Waals surface area contributed by atoms with Gasteiger partial charge in [-0.1, -0.05) is 102 Å². The molecular formula is C20H34. The van der Waals surface area contributed by atoms with Gasteiger partial charge in [-0.25, -0.2) is 0 Å². The van der Waals surface area contributed by atoms with Crippen molar-refractivity contribution in [3.8, 4) is 0 Å². The minimum atomic E-state index is 0.785. The molecule has 0 nitrogen and oxygen atoms in total. The van der Waals surface area contributed by atoms with Gasteiger partial charge in [-0.15, -0.1) is 0 Å². The standard InChI is InChI=1S/C20H34/c1-4-7-8-12-17-20(18(13-5-2)14-6-3)19-15-10-9-11-16-19/h9-11,15-16,18,20H,4-8,12-14,17H2,1-3H3. The van der Waals surface area contributed by atoms with E-state index < -0.39 is 0 Å². The summed E-state index contributed by atoms with van der Waals surface area (Å²) in [6.45, 7) is 6.97. The van der Waals surface area contributed by atoms with Crippen molar-refractivity contribution in [3.05, 3.63) is 35.9 Å². The molecule has 1 aromatic rings. The lowest BCUT2D eigenvalue weighted by Gasteiger charge is -2.27. The van der Waals surface area contributed by atoms with E-state index in [9.17, 15) is 0 Å². The first-order valence-electron chi connectivity index (χ1n) is 8.88. The smallest absolute Gasteiger partial charge is 0.0134 e. The number of rotatable bonds is 11. The minimum absolute atomic E-state index is 0.785. The Hall–Kier alpha value is -0.780. The molecule has 0 radical (unpaired) electrons. The Bertz CT molecular complexity index is 308. The fourth-order valence-corrected chi connectivity index (χ4v) is 3.45. The van der Waals surface area contributed by atoms with Gasteiger partial charge >= 0.3 is 0 Å². The maximum atomic E-state index is 2.35. The Morgan fingerprint density at radius 3 is 1.90 bits per heavy atom. The first-order chi connectivity index (χ1) is 9.83. The molecule has 0 heteroatoms. The minimum Gasteiger partial charge on any atom is -0.0654 e. The van der Waals surface area contributed by atoms with Crippen molar-refractivity contribution >= 4 is 0 Å². The molecule has 0 bridgehead atoms. The van der Waals surface area contributed by atoms with Crippen LogP contribution in [0.2, 0.25) is 0 Å². The molecule has 0 aromatic heterocycles. The third-order valence-electron chi connectivity index (χ3n) is 4.48. The molecule has 0 amide bonds. The molecule has 0 spiro atoms. The zero-order chi connectivity index (χ0) is 14.6. The normalized spacial score (nSPS) is 12.8. The number of hydrogen-bond donors (Lipinski definition) is 0. The summed E-state index contributed by atoms with van der Waals surface area (Å²) in [6.07, 6.45) is 12.3. The van der Waals surface area contributed by atoms with Crippen LogP contribution in [0.4, 0.5) is 0 Å². The summed E-state index contributed by atoms with van der Waals surface area (Å²) in [4.78, 5) is 0. The van der Waals surface area contributed by atoms with E-state index in [1.165, 1.54) is 57.8 Å². The number of hydrogen-bond acceptors (Lipinski definition) is 0. The van der Waals surface area contributed by atoms with Gasteiger partial charge in [-0.05, 0) is 23.8 Å². The lowest BCUT2D eigenvalue weighted by atomic mass is 9.78. The van der Waals surface area contributed by atoms with Gasteiger partial charge in [0.15, 0.2) is 0 Å². The summed E-state index contributed by atoms with van der Waals surface area (Å²) in [5.74, 6) is 1.67. The van der Waals surface area contributed by atoms with Crippen molar-refractivity contribution in [2.75, 3.05) is 0 Å². The van der Waals surface area contributed by atoms with E-state index in [-0.39, 0.29) is 0 Å². The van der Waals surface area contributed by atoms with Crippen molar-refractivity contribution in [1.29, 1.82) is 0 Å². The molecule has 20 heavy (non-hydrogen) atoms. The second-order valence-corrected chi connectivity index (χ2v) is 6.20. The quantitative estimate of drug-likeness (QED) is 0.383. The van der Waals surface area contributed by atoms with E-state index in [0.717, 1.165) is 11.8 Å². The highest BCUT2D eigenvalue weighted by Gasteiger charge is 2.21. The van der Waals surface area contributed by atoms with Crippen LogP contribution < -0.4 is 0 Å². The predicted octanol–water partition coefficient (Wildman–Crippen LogP) is 6.96. The Kier molecular flexibility index (Phi) is 9.45. The van der Waals surface area contributed by atoms with E-state index in [1.807, 2.05) is 0 Å². The molecule has 0 aliphatic heterocycles. The summed E-state index contributed by atoms with van der Waals surface area (Å²) in [5, 5.41) is 0. The molecule has 1 rings (SSSR count). The molecule has 114 valence electrons. The van der Waals surface area contributed by atoms with E-state index in [1.54, 1.807) is 5.56 Å². The van der Waals surface area contributed by atoms with Crippen LogP contribution in [0.15, 0.2) is 30.3 Å². The highest BCUT2D eigenvalue weighted by atomic mass is 14.3. The molecule has 0 saturated carbocycles. The Morgan fingerprint density at radius 2 is 1.35 bits per heavy atom. The first-order valence-corrected chi connectivity index (χ1v) is 8.88. The topological polar surface area (TPSA) is 0 Å². The van der Waals surface area contributed by atoms with Crippen LogP contribution in [0, 0.1) is 5.92 Å². The first kappa shape index (κ1) is 17.3.